The molecule has 3 aromatic rings. The van der Waals surface area contributed by atoms with Crippen LogP contribution in [0.5, 0.6) is 0 Å². The van der Waals surface area contributed by atoms with Crippen LogP contribution >= 0.6 is 11.3 Å². The Morgan fingerprint density at radius 1 is 1.36 bits per heavy atom. The first kappa shape index (κ1) is 17.6. The standard InChI is InChI=1S/C19H22N6O2S/c1-11-14-17(22-13-4-3-7-25(13)18(14)26)28-15(11)19(27)24-9-5-20-10-12(24)16-21-6-8-23(16)2/h6,8,12,20H,3-5,7,9-10H2,1-2H3. The van der Waals surface area contributed by atoms with Gasteiger partial charge in [-0.25, -0.2) is 9.97 Å². The summed E-state index contributed by atoms with van der Waals surface area (Å²) in [6, 6.07) is -0.134. The zero-order valence-electron chi connectivity index (χ0n) is 15.9. The van der Waals surface area contributed by atoms with E-state index in [1.807, 2.05) is 29.6 Å². The number of aromatic nitrogens is 4. The molecule has 2 aliphatic rings. The molecule has 0 aliphatic carbocycles. The molecule has 0 saturated carbocycles. The number of carbonyl (C=O) groups is 1. The molecule has 0 aromatic carbocycles. The number of thiophene rings is 1. The van der Waals surface area contributed by atoms with Gasteiger partial charge in [-0.1, -0.05) is 0 Å². The van der Waals surface area contributed by atoms with Crippen molar-refractivity contribution in [2.75, 3.05) is 19.6 Å². The summed E-state index contributed by atoms with van der Waals surface area (Å²) in [6.45, 7) is 4.60. The molecule has 5 rings (SSSR count). The van der Waals surface area contributed by atoms with Crippen LogP contribution < -0.4 is 10.9 Å². The zero-order valence-corrected chi connectivity index (χ0v) is 16.8. The third kappa shape index (κ3) is 2.53. The van der Waals surface area contributed by atoms with Gasteiger partial charge in [-0.2, -0.15) is 0 Å². The fourth-order valence-corrected chi connectivity index (χ4v) is 5.43. The number of aryl methyl sites for hydroxylation is 3. The topological polar surface area (TPSA) is 85.1 Å². The Bertz CT molecular complexity index is 1140. The smallest absolute Gasteiger partial charge is 0.265 e. The van der Waals surface area contributed by atoms with Crippen molar-refractivity contribution in [1.82, 2.24) is 29.3 Å². The second-order valence-electron chi connectivity index (χ2n) is 7.44. The maximum absolute atomic E-state index is 13.5. The van der Waals surface area contributed by atoms with Gasteiger partial charge in [-0.05, 0) is 18.9 Å². The van der Waals surface area contributed by atoms with Crippen molar-refractivity contribution in [2.24, 2.45) is 7.05 Å². The number of imidazole rings is 1. The largest absolute Gasteiger partial charge is 0.336 e. The van der Waals surface area contributed by atoms with E-state index in [1.165, 1.54) is 11.3 Å². The Morgan fingerprint density at radius 3 is 3.00 bits per heavy atom. The SMILES string of the molecule is Cc1c(C(=O)N2CCNCC2c2nccn2C)sc2nc3n(c(=O)c12)CCC3. The molecule has 28 heavy (non-hydrogen) atoms. The molecule has 0 bridgehead atoms. The molecule has 1 fully saturated rings. The van der Waals surface area contributed by atoms with Crippen LogP contribution in [-0.2, 0) is 20.0 Å². The zero-order chi connectivity index (χ0) is 19.4. The van der Waals surface area contributed by atoms with E-state index in [4.69, 9.17) is 4.98 Å². The van der Waals surface area contributed by atoms with Crippen molar-refractivity contribution in [2.45, 2.75) is 32.4 Å². The minimum Gasteiger partial charge on any atom is -0.336 e. The minimum absolute atomic E-state index is 0.00809. The summed E-state index contributed by atoms with van der Waals surface area (Å²) < 4.78 is 3.71. The van der Waals surface area contributed by atoms with Gasteiger partial charge in [0.05, 0.1) is 10.3 Å². The Hall–Kier alpha value is -2.52. The predicted octanol–water partition coefficient (Wildman–Crippen LogP) is 1.23. The summed E-state index contributed by atoms with van der Waals surface area (Å²) in [6.07, 6.45) is 5.42. The van der Waals surface area contributed by atoms with Crippen LogP contribution in [0.3, 0.4) is 0 Å². The number of carbonyl (C=O) groups excluding carboxylic acids is 1. The van der Waals surface area contributed by atoms with Gasteiger partial charge in [0.15, 0.2) is 0 Å². The maximum Gasteiger partial charge on any atom is 0.265 e. The van der Waals surface area contributed by atoms with E-state index in [9.17, 15) is 9.59 Å². The van der Waals surface area contributed by atoms with Crippen LogP contribution in [0.15, 0.2) is 17.2 Å². The summed E-state index contributed by atoms with van der Waals surface area (Å²) in [7, 11) is 1.94. The van der Waals surface area contributed by atoms with Gasteiger partial charge in [0.25, 0.3) is 11.5 Å². The van der Waals surface area contributed by atoms with Gasteiger partial charge >= 0.3 is 0 Å². The normalized spacial score (nSPS) is 19.4. The highest BCUT2D eigenvalue weighted by Gasteiger charge is 2.33. The molecule has 5 heterocycles. The number of nitrogens with zero attached hydrogens (tertiary/aromatic N) is 5. The number of fused-ring (bicyclic) bond motifs is 2. The van der Waals surface area contributed by atoms with Gasteiger partial charge in [0, 0.05) is 52.0 Å². The first-order valence-electron chi connectivity index (χ1n) is 9.58. The maximum atomic E-state index is 13.5. The highest BCUT2D eigenvalue weighted by molar-refractivity contribution is 7.20. The number of hydrogen-bond donors (Lipinski definition) is 1. The van der Waals surface area contributed by atoms with Crippen LogP contribution in [0, 0.1) is 6.92 Å². The Kier molecular flexibility index (Phi) is 4.09. The van der Waals surface area contributed by atoms with Crippen molar-refractivity contribution in [3.8, 4) is 0 Å². The van der Waals surface area contributed by atoms with Crippen molar-refractivity contribution in [3.05, 3.63) is 44.8 Å². The molecule has 2 aliphatic heterocycles. The summed E-state index contributed by atoms with van der Waals surface area (Å²) in [5.74, 6) is 1.65. The number of piperazine rings is 1. The van der Waals surface area contributed by atoms with Gasteiger partial charge in [-0.3, -0.25) is 14.2 Å². The summed E-state index contributed by atoms with van der Waals surface area (Å²) in [5.41, 5.74) is 0.744. The third-order valence-electron chi connectivity index (χ3n) is 5.77. The molecule has 1 unspecified atom stereocenters. The molecule has 0 spiro atoms. The van der Waals surface area contributed by atoms with Gasteiger partial charge < -0.3 is 14.8 Å². The molecule has 1 amide bonds. The molecule has 9 heteroatoms. The third-order valence-corrected chi connectivity index (χ3v) is 6.94. The van der Waals surface area contributed by atoms with Crippen molar-refractivity contribution < 1.29 is 4.79 Å². The van der Waals surface area contributed by atoms with E-state index in [0.29, 0.717) is 34.7 Å². The highest BCUT2D eigenvalue weighted by Crippen LogP contribution is 2.32. The fraction of sp³-hybridized carbons (Fsp3) is 0.474. The van der Waals surface area contributed by atoms with E-state index < -0.39 is 0 Å². The Morgan fingerprint density at radius 2 is 2.21 bits per heavy atom. The average Bonchev–Trinajstić information content (AvgIpc) is 3.41. The number of nitrogens with one attached hydrogen (secondary N) is 1. The minimum atomic E-state index is -0.134. The first-order chi connectivity index (χ1) is 13.6. The highest BCUT2D eigenvalue weighted by atomic mass is 32.1. The van der Waals surface area contributed by atoms with Crippen LogP contribution in [0.4, 0.5) is 0 Å². The predicted molar refractivity (Wildman–Crippen MR) is 107 cm³/mol. The van der Waals surface area contributed by atoms with Gasteiger partial charge in [0.2, 0.25) is 0 Å². The first-order valence-corrected chi connectivity index (χ1v) is 10.4. The van der Waals surface area contributed by atoms with E-state index >= 15 is 0 Å². The molecule has 1 atom stereocenters. The number of amides is 1. The van der Waals surface area contributed by atoms with E-state index in [2.05, 4.69) is 10.3 Å². The molecular weight excluding hydrogens is 376 g/mol. The molecule has 8 nitrogen and oxygen atoms in total. The fourth-order valence-electron chi connectivity index (χ4n) is 4.29. The van der Waals surface area contributed by atoms with Crippen molar-refractivity contribution in [1.29, 1.82) is 0 Å². The van der Waals surface area contributed by atoms with E-state index in [-0.39, 0.29) is 17.5 Å². The quantitative estimate of drug-likeness (QED) is 0.702. The van der Waals surface area contributed by atoms with Gasteiger partial charge in [0.1, 0.15) is 22.5 Å². The van der Waals surface area contributed by atoms with E-state index in [1.54, 1.807) is 10.8 Å². The summed E-state index contributed by atoms with van der Waals surface area (Å²) >= 11 is 1.35. The van der Waals surface area contributed by atoms with Gasteiger partial charge in [-0.15, -0.1) is 11.3 Å². The lowest BCUT2D eigenvalue weighted by Gasteiger charge is -2.35. The molecule has 1 N–H and O–H groups in total. The van der Waals surface area contributed by atoms with Crippen molar-refractivity contribution in [3.63, 3.8) is 0 Å². The number of hydrogen-bond acceptors (Lipinski definition) is 6. The van der Waals surface area contributed by atoms with Crippen LogP contribution in [0.1, 0.15) is 39.3 Å². The molecule has 0 radical (unpaired) electrons. The van der Waals surface area contributed by atoms with Crippen LogP contribution in [0.2, 0.25) is 0 Å². The number of rotatable bonds is 2. The monoisotopic (exact) mass is 398 g/mol. The average molecular weight is 398 g/mol. The molecular formula is C19H22N6O2S. The lowest BCUT2D eigenvalue weighted by molar-refractivity contribution is 0.0625. The Labute approximate surface area is 165 Å². The molecule has 3 aromatic heterocycles. The van der Waals surface area contributed by atoms with Crippen LogP contribution in [0.25, 0.3) is 10.2 Å². The van der Waals surface area contributed by atoms with Crippen molar-refractivity contribution >= 4 is 27.5 Å². The lowest BCUT2D eigenvalue weighted by atomic mass is 10.1. The molecule has 1 saturated heterocycles. The summed E-state index contributed by atoms with van der Waals surface area (Å²) in [5, 5.41) is 3.96. The second-order valence-corrected chi connectivity index (χ2v) is 8.44. The van der Waals surface area contributed by atoms with E-state index in [0.717, 1.165) is 36.6 Å². The molecule has 146 valence electrons. The lowest BCUT2D eigenvalue weighted by Crippen LogP contribution is -2.49. The Balaban J connectivity index is 1.58. The summed E-state index contributed by atoms with van der Waals surface area (Å²) in [4.78, 5) is 38.8. The van der Waals surface area contributed by atoms with Crippen LogP contribution in [-0.4, -0.2) is 49.5 Å². The second kappa shape index (κ2) is 6.52.